The number of aryl methyl sites for hydroxylation is 2. The lowest BCUT2D eigenvalue weighted by atomic mass is 10.1. The topological polar surface area (TPSA) is 86.8 Å². The van der Waals surface area contributed by atoms with Crippen LogP contribution < -0.4 is 9.62 Å². The van der Waals surface area contributed by atoms with E-state index in [1.54, 1.807) is 17.0 Å². The van der Waals surface area contributed by atoms with E-state index in [9.17, 15) is 18.0 Å². The van der Waals surface area contributed by atoms with Crippen LogP contribution >= 0.6 is 11.6 Å². The first-order chi connectivity index (χ1) is 17.0. The Kier molecular flexibility index (Phi) is 11.2. The van der Waals surface area contributed by atoms with Gasteiger partial charge in [-0.1, -0.05) is 49.7 Å². The lowest BCUT2D eigenvalue weighted by Gasteiger charge is -2.31. The molecule has 1 N–H and O–H groups in total. The largest absolute Gasteiger partial charge is 0.354 e. The van der Waals surface area contributed by atoms with Gasteiger partial charge in [-0.15, -0.1) is 0 Å². The predicted molar refractivity (Wildman–Crippen MR) is 147 cm³/mol. The molecule has 0 aromatic heterocycles. The van der Waals surface area contributed by atoms with Crippen molar-refractivity contribution in [2.75, 3.05) is 23.7 Å². The molecule has 36 heavy (non-hydrogen) atoms. The highest BCUT2D eigenvalue weighted by Gasteiger charge is 2.28. The molecule has 2 aromatic rings. The average Bonchev–Trinajstić information content (AvgIpc) is 2.82. The van der Waals surface area contributed by atoms with Gasteiger partial charge in [-0.05, 0) is 68.0 Å². The first kappa shape index (κ1) is 29.6. The van der Waals surface area contributed by atoms with E-state index in [2.05, 4.69) is 5.32 Å². The summed E-state index contributed by atoms with van der Waals surface area (Å²) in [6, 6.07) is 12.2. The summed E-state index contributed by atoms with van der Waals surface area (Å²) in [5.41, 5.74) is 3.29. The van der Waals surface area contributed by atoms with Gasteiger partial charge in [0, 0.05) is 31.1 Å². The van der Waals surface area contributed by atoms with Crippen LogP contribution in [0.1, 0.15) is 56.2 Å². The van der Waals surface area contributed by atoms with Crippen LogP contribution in [0.4, 0.5) is 5.69 Å². The molecule has 0 saturated carbocycles. The minimum Gasteiger partial charge on any atom is -0.354 e. The van der Waals surface area contributed by atoms with Gasteiger partial charge in [0.2, 0.25) is 21.8 Å². The zero-order chi connectivity index (χ0) is 26.9. The smallest absolute Gasteiger partial charge is 0.242 e. The van der Waals surface area contributed by atoms with E-state index in [0.717, 1.165) is 23.1 Å². The van der Waals surface area contributed by atoms with Crippen LogP contribution in [0.5, 0.6) is 0 Å². The van der Waals surface area contributed by atoms with Crippen molar-refractivity contribution in [1.29, 1.82) is 0 Å². The number of rotatable bonds is 13. The molecule has 0 aliphatic carbocycles. The van der Waals surface area contributed by atoms with Crippen LogP contribution in [0.15, 0.2) is 42.5 Å². The maximum Gasteiger partial charge on any atom is 0.242 e. The van der Waals surface area contributed by atoms with Crippen molar-refractivity contribution in [3.05, 3.63) is 64.2 Å². The van der Waals surface area contributed by atoms with Gasteiger partial charge in [-0.3, -0.25) is 13.9 Å². The molecule has 0 bridgehead atoms. The monoisotopic (exact) mass is 535 g/mol. The summed E-state index contributed by atoms with van der Waals surface area (Å²) in [4.78, 5) is 27.9. The van der Waals surface area contributed by atoms with Crippen molar-refractivity contribution in [2.45, 2.75) is 66.0 Å². The highest BCUT2D eigenvalue weighted by molar-refractivity contribution is 7.92. The fourth-order valence-electron chi connectivity index (χ4n) is 4.04. The summed E-state index contributed by atoms with van der Waals surface area (Å²) >= 11 is 6.02. The Bertz CT molecular complexity index is 1140. The lowest BCUT2D eigenvalue weighted by Crippen LogP contribution is -2.49. The number of hydrogen-bond acceptors (Lipinski definition) is 4. The second kappa shape index (κ2) is 13.7. The van der Waals surface area contributed by atoms with Gasteiger partial charge in [-0.2, -0.15) is 0 Å². The predicted octanol–water partition coefficient (Wildman–Crippen LogP) is 4.84. The molecule has 1 atom stereocenters. The maximum absolute atomic E-state index is 13.4. The third-order valence-corrected chi connectivity index (χ3v) is 7.42. The van der Waals surface area contributed by atoms with Gasteiger partial charge in [0.05, 0.1) is 11.9 Å². The van der Waals surface area contributed by atoms with Gasteiger partial charge in [-0.25, -0.2) is 8.42 Å². The van der Waals surface area contributed by atoms with Gasteiger partial charge in [0.25, 0.3) is 0 Å². The molecule has 0 aliphatic rings. The van der Waals surface area contributed by atoms with Gasteiger partial charge < -0.3 is 10.2 Å². The number of anilines is 1. The Balaban J connectivity index is 2.23. The minimum atomic E-state index is -3.54. The summed E-state index contributed by atoms with van der Waals surface area (Å²) in [5, 5.41) is 3.49. The molecule has 0 aliphatic heterocycles. The maximum atomic E-state index is 13.4. The van der Waals surface area contributed by atoms with Crippen LogP contribution in [-0.4, -0.2) is 50.5 Å². The summed E-state index contributed by atoms with van der Waals surface area (Å²) in [5.74, 6) is -0.382. The summed E-state index contributed by atoms with van der Waals surface area (Å²) in [6.45, 7) is 8.61. The molecule has 0 saturated heterocycles. The van der Waals surface area contributed by atoms with Crippen molar-refractivity contribution in [3.63, 3.8) is 0 Å². The number of sulfonamides is 1. The molecule has 0 spiro atoms. The van der Waals surface area contributed by atoms with Crippen molar-refractivity contribution < 1.29 is 18.0 Å². The van der Waals surface area contributed by atoms with Crippen LogP contribution in [0.25, 0.3) is 0 Å². The fourth-order valence-corrected chi connectivity index (χ4v) is 5.18. The second-order valence-corrected chi connectivity index (χ2v) is 11.4. The SMILES string of the molecule is CCCNC(=O)C(CC)N(Cc1ccc(Cl)cc1)C(=O)CCCN(c1cc(C)ccc1C)S(C)(=O)=O. The molecule has 0 fully saturated rings. The number of benzene rings is 2. The summed E-state index contributed by atoms with van der Waals surface area (Å²) < 4.78 is 26.5. The molecule has 9 heteroatoms. The average molecular weight is 536 g/mol. The highest BCUT2D eigenvalue weighted by atomic mass is 35.5. The van der Waals surface area contributed by atoms with E-state index in [1.807, 2.05) is 58.0 Å². The van der Waals surface area contributed by atoms with E-state index >= 15 is 0 Å². The van der Waals surface area contributed by atoms with Gasteiger partial charge in [0.15, 0.2) is 0 Å². The number of nitrogens with one attached hydrogen (secondary N) is 1. The molecular weight excluding hydrogens is 498 g/mol. The van der Waals surface area contributed by atoms with E-state index in [0.29, 0.717) is 30.1 Å². The van der Waals surface area contributed by atoms with Crippen molar-refractivity contribution in [1.82, 2.24) is 10.2 Å². The number of carbonyl (C=O) groups is 2. The molecule has 198 valence electrons. The van der Waals surface area contributed by atoms with Crippen LogP contribution in [0.2, 0.25) is 5.02 Å². The molecule has 7 nitrogen and oxygen atoms in total. The molecule has 2 rings (SSSR count). The standard InChI is InChI=1S/C27H38ClN3O4S/c1-6-16-29-27(33)24(7-2)30(19-22-12-14-23(28)15-13-22)26(32)9-8-17-31(36(5,34)35)25-18-20(3)10-11-21(25)4/h10-15,18,24H,6-9,16-17,19H2,1-5H3,(H,29,33). The molecular formula is C27H38ClN3O4S. The van der Waals surface area contributed by atoms with E-state index in [-0.39, 0.29) is 31.3 Å². The Morgan fingerprint density at radius 2 is 1.72 bits per heavy atom. The Labute approximate surface area is 220 Å². The van der Waals surface area contributed by atoms with Crippen molar-refractivity contribution >= 4 is 39.1 Å². The van der Waals surface area contributed by atoms with Crippen LogP contribution in [0, 0.1) is 13.8 Å². The minimum absolute atomic E-state index is 0.113. The third-order valence-electron chi connectivity index (χ3n) is 5.99. The zero-order valence-electron chi connectivity index (χ0n) is 21.9. The van der Waals surface area contributed by atoms with E-state index in [4.69, 9.17) is 11.6 Å². The molecule has 2 amide bonds. The molecule has 0 radical (unpaired) electrons. The summed E-state index contributed by atoms with van der Waals surface area (Å²) in [6.07, 6.45) is 2.87. The lowest BCUT2D eigenvalue weighted by molar-refractivity contribution is -0.141. The van der Waals surface area contributed by atoms with Crippen LogP contribution in [0.3, 0.4) is 0 Å². The summed E-state index contributed by atoms with van der Waals surface area (Å²) in [7, 11) is -3.54. The third kappa shape index (κ3) is 8.52. The zero-order valence-corrected chi connectivity index (χ0v) is 23.5. The first-order valence-electron chi connectivity index (χ1n) is 12.3. The Morgan fingerprint density at radius 1 is 1.06 bits per heavy atom. The van der Waals surface area contributed by atoms with E-state index < -0.39 is 16.1 Å². The van der Waals surface area contributed by atoms with Crippen LogP contribution in [-0.2, 0) is 26.2 Å². The molecule has 2 aromatic carbocycles. The highest BCUT2D eigenvalue weighted by Crippen LogP contribution is 2.25. The fraction of sp³-hybridized carbons (Fsp3) is 0.481. The first-order valence-corrected chi connectivity index (χ1v) is 14.6. The number of amides is 2. The Morgan fingerprint density at radius 3 is 2.31 bits per heavy atom. The Hall–Kier alpha value is -2.58. The quantitative estimate of drug-likeness (QED) is 0.398. The molecule has 0 heterocycles. The van der Waals surface area contributed by atoms with Crippen molar-refractivity contribution in [2.24, 2.45) is 0 Å². The number of halogens is 1. The van der Waals surface area contributed by atoms with Gasteiger partial charge >= 0.3 is 0 Å². The second-order valence-electron chi connectivity index (χ2n) is 9.09. The van der Waals surface area contributed by atoms with E-state index in [1.165, 1.54) is 10.6 Å². The van der Waals surface area contributed by atoms with Gasteiger partial charge in [0.1, 0.15) is 6.04 Å². The normalized spacial score (nSPS) is 12.2. The molecule has 1 unspecified atom stereocenters. The number of hydrogen-bond donors (Lipinski definition) is 1. The number of carbonyl (C=O) groups excluding carboxylic acids is 2. The van der Waals surface area contributed by atoms with Crippen molar-refractivity contribution in [3.8, 4) is 0 Å². The number of nitrogens with zero attached hydrogens (tertiary/aromatic N) is 2.